The first-order chi connectivity index (χ1) is 8.70. The number of benzene rings is 1. The Labute approximate surface area is 111 Å². The third kappa shape index (κ3) is 2.24. The lowest BCUT2D eigenvalue weighted by molar-refractivity contribution is 1.11. The van der Waals surface area contributed by atoms with E-state index >= 15 is 0 Å². The first-order valence-corrected chi connectivity index (χ1v) is 6.27. The Morgan fingerprint density at radius 2 is 1.83 bits per heavy atom. The summed E-state index contributed by atoms with van der Waals surface area (Å²) in [4.78, 5) is 4.60. The monoisotopic (exact) mass is 256 g/mol. The quantitative estimate of drug-likeness (QED) is 0.680. The number of rotatable bonds is 2. The van der Waals surface area contributed by atoms with Crippen LogP contribution in [0.25, 0.3) is 5.65 Å². The van der Waals surface area contributed by atoms with Crippen molar-refractivity contribution in [2.45, 2.75) is 13.3 Å². The number of halogens is 1. The second kappa shape index (κ2) is 4.46. The lowest BCUT2D eigenvalue weighted by Crippen LogP contribution is -1.87. The minimum Gasteiger partial charge on any atom is -0.307 e. The molecule has 0 fully saturated rings. The van der Waals surface area contributed by atoms with Crippen molar-refractivity contribution >= 4 is 17.2 Å². The van der Waals surface area contributed by atoms with Gasteiger partial charge in [-0.3, -0.25) is 0 Å². The SMILES string of the molecule is Cc1ccc2nc(Cc3ccc(Cl)cc3)cn2c1. The topological polar surface area (TPSA) is 17.3 Å². The van der Waals surface area contributed by atoms with Gasteiger partial charge in [-0.15, -0.1) is 0 Å². The summed E-state index contributed by atoms with van der Waals surface area (Å²) in [6.07, 6.45) is 5.00. The fourth-order valence-corrected chi connectivity index (χ4v) is 2.18. The van der Waals surface area contributed by atoms with Crippen LogP contribution in [-0.4, -0.2) is 9.38 Å². The molecule has 18 heavy (non-hydrogen) atoms. The lowest BCUT2D eigenvalue weighted by Gasteiger charge is -1.97. The maximum absolute atomic E-state index is 5.88. The van der Waals surface area contributed by atoms with Crippen LogP contribution in [0.4, 0.5) is 0 Å². The van der Waals surface area contributed by atoms with Gasteiger partial charge in [-0.2, -0.15) is 0 Å². The highest BCUT2D eigenvalue weighted by molar-refractivity contribution is 6.30. The Balaban J connectivity index is 1.92. The van der Waals surface area contributed by atoms with E-state index in [1.165, 1.54) is 11.1 Å². The minimum atomic E-state index is 0.768. The van der Waals surface area contributed by atoms with Crippen LogP contribution in [0.5, 0.6) is 0 Å². The van der Waals surface area contributed by atoms with Gasteiger partial charge < -0.3 is 4.40 Å². The molecule has 3 heteroatoms. The van der Waals surface area contributed by atoms with E-state index < -0.39 is 0 Å². The summed E-state index contributed by atoms with van der Waals surface area (Å²) >= 11 is 5.88. The van der Waals surface area contributed by atoms with Crippen molar-refractivity contribution in [3.8, 4) is 0 Å². The van der Waals surface area contributed by atoms with Crippen LogP contribution >= 0.6 is 11.6 Å². The van der Waals surface area contributed by atoms with E-state index in [1.807, 2.05) is 30.3 Å². The molecule has 0 radical (unpaired) electrons. The minimum absolute atomic E-state index is 0.768. The first-order valence-electron chi connectivity index (χ1n) is 5.89. The van der Waals surface area contributed by atoms with Gasteiger partial charge in [0.05, 0.1) is 5.69 Å². The van der Waals surface area contributed by atoms with Crippen molar-refractivity contribution in [2.75, 3.05) is 0 Å². The standard InChI is InChI=1S/C15H13ClN2/c1-11-2-7-15-17-14(10-18(15)9-11)8-12-3-5-13(16)6-4-12/h2-7,9-10H,8H2,1H3. The highest BCUT2D eigenvalue weighted by Crippen LogP contribution is 2.14. The Hall–Kier alpha value is -1.80. The van der Waals surface area contributed by atoms with Crippen molar-refractivity contribution in [3.63, 3.8) is 0 Å². The van der Waals surface area contributed by atoms with Gasteiger partial charge in [-0.05, 0) is 36.2 Å². The van der Waals surface area contributed by atoms with Crippen LogP contribution in [-0.2, 0) is 6.42 Å². The van der Waals surface area contributed by atoms with Gasteiger partial charge in [0.15, 0.2) is 0 Å². The molecule has 0 amide bonds. The zero-order chi connectivity index (χ0) is 12.5. The molecular weight excluding hydrogens is 244 g/mol. The number of hydrogen-bond acceptors (Lipinski definition) is 1. The summed E-state index contributed by atoms with van der Waals surface area (Å²) < 4.78 is 2.07. The molecule has 1 aromatic carbocycles. The molecule has 2 nitrogen and oxygen atoms in total. The Kier molecular flexibility index (Phi) is 2.80. The molecule has 3 rings (SSSR count). The first kappa shape index (κ1) is 11.3. The van der Waals surface area contributed by atoms with Crippen LogP contribution in [0.2, 0.25) is 5.02 Å². The highest BCUT2D eigenvalue weighted by Gasteiger charge is 2.03. The van der Waals surface area contributed by atoms with Crippen molar-refractivity contribution in [3.05, 3.63) is 70.6 Å². The summed E-state index contributed by atoms with van der Waals surface area (Å²) in [6.45, 7) is 2.08. The molecule has 0 saturated carbocycles. The van der Waals surface area contributed by atoms with E-state index in [1.54, 1.807) is 0 Å². The molecule has 0 N–H and O–H groups in total. The maximum Gasteiger partial charge on any atom is 0.137 e. The third-order valence-corrected chi connectivity index (χ3v) is 3.20. The van der Waals surface area contributed by atoms with Crippen molar-refractivity contribution in [2.24, 2.45) is 0 Å². The summed E-state index contributed by atoms with van der Waals surface area (Å²) in [6, 6.07) is 12.0. The van der Waals surface area contributed by atoms with Crippen molar-refractivity contribution < 1.29 is 0 Å². The molecular formula is C15H13ClN2. The van der Waals surface area contributed by atoms with Crippen LogP contribution in [0.15, 0.2) is 48.8 Å². The number of pyridine rings is 1. The van der Waals surface area contributed by atoms with Crippen LogP contribution in [0.1, 0.15) is 16.8 Å². The highest BCUT2D eigenvalue weighted by atomic mass is 35.5. The number of hydrogen-bond donors (Lipinski definition) is 0. The Morgan fingerprint density at radius 3 is 2.61 bits per heavy atom. The number of imidazole rings is 1. The van der Waals surface area contributed by atoms with Gasteiger partial charge in [0.2, 0.25) is 0 Å². The zero-order valence-corrected chi connectivity index (χ0v) is 10.9. The van der Waals surface area contributed by atoms with Gasteiger partial charge in [0.25, 0.3) is 0 Å². The molecule has 0 saturated heterocycles. The van der Waals surface area contributed by atoms with E-state index in [0.717, 1.165) is 22.8 Å². The summed E-state index contributed by atoms with van der Waals surface area (Å²) in [7, 11) is 0. The molecule has 0 aliphatic heterocycles. The predicted molar refractivity (Wildman–Crippen MR) is 74.2 cm³/mol. The van der Waals surface area contributed by atoms with Crippen LogP contribution in [0.3, 0.4) is 0 Å². The normalized spacial score (nSPS) is 11.0. The number of aryl methyl sites for hydroxylation is 1. The van der Waals surface area contributed by atoms with Crippen molar-refractivity contribution in [1.82, 2.24) is 9.38 Å². The average Bonchev–Trinajstić information content (AvgIpc) is 2.73. The van der Waals surface area contributed by atoms with E-state index in [0.29, 0.717) is 0 Å². The van der Waals surface area contributed by atoms with Gasteiger partial charge in [0, 0.05) is 23.8 Å². The number of aromatic nitrogens is 2. The Bertz CT molecular complexity index is 683. The van der Waals surface area contributed by atoms with Gasteiger partial charge in [0.1, 0.15) is 5.65 Å². The van der Waals surface area contributed by atoms with Gasteiger partial charge >= 0.3 is 0 Å². The zero-order valence-electron chi connectivity index (χ0n) is 10.1. The fourth-order valence-electron chi connectivity index (χ4n) is 2.05. The molecule has 0 unspecified atom stereocenters. The second-order valence-corrected chi connectivity index (χ2v) is 4.94. The molecule has 2 aromatic heterocycles. The molecule has 0 aliphatic rings. The molecule has 0 atom stereocenters. The van der Waals surface area contributed by atoms with Crippen LogP contribution in [0, 0.1) is 6.92 Å². The largest absolute Gasteiger partial charge is 0.307 e. The maximum atomic E-state index is 5.88. The summed E-state index contributed by atoms with van der Waals surface area (Å²) in [5, 5.41) is 0.768. The second-order valence-electron chi connectivity index (χ2n) is 4.51. The van der Waals surface area contributed by atoms with Crippen molar-refractivity contribution in [1.29, 1.82) is 0 Å². The summed E-state index contributed by atoms with van der Waals surface area (Å²) in [5.41, 5.74) is 4.52. The smallest absolute Gasteiger partial charge is 0.137 e. The fraction of sp³-hybridized carbons (Fsp3) is 0.133. The molecule has 0 spiro atoms. The lowest BCUT2D eigenvalue weighted by atomic mass is 10.1. The molecule has 3 aromatic rings. The Morgan fingerprint density at radius 1 is 1.06 bits per heavy atom. The van der Waals surface area contributed by atoms with E-state index in [4.69, 9.17) is 11.6 Å². The van der Waals surface area contributed by atoms with Gasteiger partial charge in [-0.1, -0.05) is 29.8 Å². The van der Waals surface area contributed by atoms with E-state index in [9.17, 15) is 0 Å². The van der Waals surface area contributed by atoms with Crippen LogP contribution < -0.4 is 0 Å². The predicted octanol–water partition coefficient (Wildman–Crippen LogP) is 3.89. The number of nitrogens with zero attached hydrogens (tertiary/aromatic N) is 2. The molecule has 0 aliphatic carbocycles. The summed E-state index contributed by atoms with van der Waals surface area (Å²) in [5.74, 6) is 0. The number of fused-ring (bicyclic) bond motifs is 1. The van der Waals surface area contributed by atoms with E-state index in [2.05, 4.69) is 34.8 Å². The van der Waals surface area contributed by atoms with E-state index in [-0.39, 0.29) is 0 Å². The molecule has 0 bridgehead atoms. The molecule has 90 valence electrons. The third-order valence-electron chi connectivity index (χ3n) is 2.95. The average molecular weight is 257 g/mol. The van der Waals surface area contributed by atoms with Gasteiger partial charge in [-0.25, -0.2) is 4.98 Å². The molecule has 2 heterocycles.